The normalized spacial score (nSPS) is 16.1. The van der Waals surface area contributed by atoms with Crippen LogP contribution in [-0.4, -0.2) is 18.5 Å². The van der Waals surface area contributed by atoms with E-state index in [0.717, 1.165) is 24.1 Å². The molecule has 0 spiro atoms. The van der Waals surface area contributed by atoms with E-state index in [-0.39, 0.29) is 24.3 Å². The van der Waals surface area contributed by atoms with Gasteiger partial charge in [0.2, 0.25) is 0 Å². The summed E-state index contributed by atoms with van der Waals surface area (Å²) in [7, 11) is 0. The predicted octanol–water partition coefficient (Wildman–Crippen LogP) is 4.12. The van der Waals surface area contributed by atoms with Crippen molar-refractivity contribution in [3.05, 3.63) is 65.7 Å². The topological polar surface area (TPSA) is 46.6 Å². The summed E-state index contributed by atoms with van der Waals surface area (Å²) in [5, 5.41) is 0. The van der Waals surface area contributed by atoms with Crippen LogP contribution in [0.3, 0.4) is 0 Å². The average molecular weight is 323 g/mol. The lowest BCUT2D eigenvalue weighted by molar-refractivity contribution is -0.144. The maximum absolute atomic E-state index is 12.8. The highest BCUT2D eigenvalue weighted by Gasteiger charge is 2.38. The lowest BCUT2D eigenvalue weighted by Crippen LogP contribution is -2.29. The Morgan fingerprint density at radius 2 is 1.79 bits per heavy atom. The minimum absolute atomic E-state index is 0.0665. The lowest BCUT2D eigenvalue weighted by Gasteiger charge is -2.25. The molecule has 124 valence electrons. The smallest absolute Gasteiger partial charge is 0.308 e. The number of ether oxygens (including phenoxy) is 1. The average Bonchev–Trinajstić information content (AvgIpc) is 2.88. The van der Waals surface area contributed by atoms with Crippen molar-refractivity contribution in [1.82, 2.24) is 0 Å². The third kappa shape index (κ3) is 3.18. The van der Waals surface area contributed by atoms with Crippen molar-refractivity contribution in [2.24, 2.45) is 0 Å². The molecule has 0 saturated heterocycles. The molecule has 2 aromatic rings. The monoisotopic (exact) mass is 323 g/mol. The minimum Gasteiger partial charge on any atom is -0.466 e. The second-order valence-electron chi connectivity index (χ2n) is 5.89. The minimum atomic E-state index is -0.315. The van der Waals surface area contributed by atoms with Gasteiger partial charge in [-0.1, -0.05) is 49.7 Å². The number of amides is 1. The Labute approximate surface area is 142 Å². The molecule has 0 aromatic heterocycles. The molecule has 0 bridgehead atoms. The number of carbonyl (C=O) groups is 2. The van der Waals surface area contributed by atoms with Crippen LogP contribution in [0.4, 0.5) is 5.69 Å². The van der Waals surface area contributed by atoms with Gasteiger partial charge >= 0.3 is 5.97 Å². The Morgan fingerprint density at radius 1 is 1.08 bits per heavy atom. The molecule has 3 rings (SSSR count). The van der Waals surface area contributed by atoms with Gasteiger partial charge in [-0.25, -0.2) is 0 Å². The fourth-order valence-electron chi connectivity index (χ4n) is 3.03. The van der Waals surface area contributed by atoms with Crippen LogP contribution in [0.25, 0.3) is 0 Å². The molecule has 1 atom stereocenters. The van der Waals surface area contributed by atoms with Crippen molar-refractivity contribution in [2.45, 2.75) is 32.2 Å². The summed E-state index contributed by atoms with van der Waals surface area (Å²) in [5.41, 5.74) is 2.34. The number of carbonyl (C=O) groups excluding carboxylic acids is 2. The summed E-state index contributed by atoms with van der Waals surface area (Å²) in [6.07, 6.45) is 2.00. The zero-order valence-electron chi connectivity index (χ0n) is 13.8. The molecule has 0 saturated carbocycles. The van der Waals surface area contributed by atoms with Crippen LogP contribution < -0.4 is 4.90 Å². The molecule has 0 radical (unpaired) electrons. The fraction of sp³-hybridized carbons (Fsp3) is 0.300. The van der Waals surface area contributed by atoms with Gasteiger partial charge in [-0.3, -0.25) is 9.59 Å². The molecule has 0 N–H and O–H groups in total. The molecule has 2 aromatic carbocycles. The van der Waals surface area contributed by atoms with E-state index in [4.69, 9.17) is 4.74 Å². The SMILES string of the molecule is CCCCOC(=O)CC1c2ccccc2C(=O)N1c1ccccc1. The molecule has 1 amide bonds. The van der Waals surface area contributed by atoms with E-state index in [9.17, 15) is 9.59 Å². The van der Waals surface area contributed by atoms with E-state index in [1.165, 1.54) is 0 Å². The van der Waals surface area contributed by atoms with Gasteiger partial charge in [0.1, 0.15) is 0 Å². The van der Waals surface area contributed by atoms with Crippen LogP contribution >= 0.6 is 0 Å². The first-order valence-electron chi connectivity index (χ1n) is 8.35. The van der Waals surface area contributed by atoms with Gasteiger partial charge < -0.3 is 9.64 Å². The van der Waals surface area contributed by atoms with Gasteiger partial charge in [0, 0.05) is 11.3 Å². The zero-order valence-corrected chi connectivity index (χ0v) is 13.8. The Balaban J connectivity index is 1.87. The van der Waals surface area contributed by atoms with Crippen molar-refractivity contribution in [3.8, 4) is 0 Å². The summed E-state index contributed by atoms with van der Waals surface area (Å²) < 4.78 is 5.30. The van der Waals surface area contributed by atoms with Crippen molar-refractivity contribution in [3.63, 3.8) is 0 Å². The van der Waals surface area contributed by atoms with Crippen molar-refractivity contribution in [2.75, 3.05) is 11.5 Å². The molecular weight excluding hydrogens is 302 g/mol. The second-order valence-corrected chi connectivity index (χ2v) is 5.89. The molecule has 1 unspecified atom stereocenters. The summed E-state index contributed by atoms with van der Waals surface area (Å²) in [5.74, 6) is -0.331. The van der Waals surface area contributed by atoms with Gasteiger partial charge in [0.25, 0.3) is 5.91 Å². The highest BCUT2D eigenvalue weighted by Crippen LogP contribution is 2.39. The van der Waals surface area contributed by atoms with Gasteiger partial charge in [0.05, 0.1) is 19.1 Å². The van der Waals surface area contributed by atoms with Gasteiger partial charge in [0.15, 0.2) is 0 Å². The number of esters is 1. The molecular formula is C20H21NO3. The summed E-state index contributed by atoms with van der Waals surface area (Å²) in [6.45, 7) is 2.49. The number of hydrogen-bond donors (Lipinski definition) is 0. The maximum Gasteiger partial charge on any atom is 0.308 e. The third-order valence-electron chi connectivity index (χ3n) is 4.24. The van der Waals surface area contributed by atoms with Crippen molar-refractivity contribution >= 4 is 17.6 Å². The molecule has 4 nitrogen and oxygen atoms in total. The van der Waals surface area contributed by atoms with Crippen molar-refractivity contribution in [1.29, 1.82) is 0 Å². The standard InChI is InChI=1S/C20H21NO3/c1-2-3-13-24-19(22)14-18-16-11-7-8-12-17(16)20(23)21(18)15-9-5-4-6-10-15/h4-12,18H,2-3,13-14H2,1H3. The summed E-state index contributed by atoms with van der Waals surface area (Å²) in [6, 6.07) is 16.6. The summed E-state index contributed by atoms with van der Waals surface area (Å²) >= 11 is 0. The fourth-order valence-corrected chi connectivity index (χ4v) is 3.03. The molecule has 1 aliphatic rings. The van der Waals surface area contributed by atoms with Crippen LogP contribution in [0.2, 0.25) is 0 Å². The first kappa shape index (κ1) is 16.2. The van der Waals surface area contributed by atoms with Crippen LogP contribution in [0.15, 0.2) is 54.6 Å². The Hall–Kier alpha value is -2.62. The number of anilines is 1. The van der Waals surface area contributed by atoms with E-state index in [0.29, 0.717) is 12.2 Å². The van der Waals surface area contributed by atoms with E-state index < -0.39 is 0 Å². The number of rotatable bonds is 6. The maximum atomic E-state index is 12.8. The quantitative estimate of drug-likeness (QED) is 0.593. The van der Waals surface area contributed by atoms with Crippen LogP contribution in [0.1, 0.15) is 48.1 Å². The molecule has 1 heterocycles. The largest absolute Gasteiger partial charge is 0.466 e. The van der Waals surface area contributed by atoms with Crippen LogP contribution in [-0.2, 0) is 9.53 Å². The Bertz CT molecular complexity index is 727. The predicted molar refractivity (Wildman–Crippen MR) is 92.9 cm³/mol. The zero-order chi connectivity index (χ0) is 16.9. The highest BCUT2D eigenvalue weighted by atomic mass is 16.5. The first-order valence-corrected chi connectivity index (χ1v) is 8.35. The molecule has 1 aliphatic heterocycles. The van der Waals surface area contributed by atoms with E-state index >= 15 is 0 Å². The number of nitrogens with zero attached hydrogens (tertiary/aromatic N) is 1. The molecule has 0 fully saturated rings. The Kier molecular flexibility index (Phi) is 4.94. The number of unbranched alkanes of at least 4 members (excludes halogenated alkanes) is 1. The lowest BCUT2D eigenvalue weighted by atomic mass is 10.0. The van der Waals surface area contributed by atoms with E-state index in [1.54, 1.807) is 4.90 Å². The number of para-hydroxylation sites is 1. The second kappa shape index (κ2) is 7.30. The number of benzene rings is 2. The number of hydrogen-bond acceptors (Lipinski definition) is 3. The van der Waals surface area contributed by atoms with Gasteiger partial charge in [-0.15, -0.1) is 0 Å². The highest BCUT2D eigenvalue weighted by molar-refractivity contribution is 6.11. The number of fused-ring (bicyclic) bond motifs is 1. The van der Waals surface area contributed by atoms with Gasteiger partial charge in [-0.2, -0.15) is 0 Å². The third-order valence-corrected chi connectivity index (χ3v) is 4.24. The molecule has 0 aliphatic carbocycles. The van der Waals surface area contributed by atoms with E-state index in [2.05, 4.69) is 6.92 Å². The van der Waals surface area contributed by atoms with Crippen LogP contribution in [0.5, 0.6) is 0 Å². The molecule has 24 heavy (non-hydrogen) atoms. The van der Waals surface area contributed by atoms with E-state index in [1.807, 2.05) is 54.6 Å². The van der Waals surface area contributed by atoms with Crippen LogP contribution in [0, 0.1) is 0 Å². The Morgan fingerprint density at radius 3 is 2.54 bits per heavy atom. The first-order chi connectivity index (χ1) is 11.7. The molecule has 4 heteroatoms. The van der Waals surface area contributed by atoms with Gasteiger partial charge in [-0.05, 0) is 30.2 Å². The summed E-state index contributed by atoms with van der Waals surface area (Å²) in [4.78, 5) is 26.7. The van der Waals surface area contributed by atoms with Crippen molar-refractivity contribution < 1.29 is 14.3 Å².